The number of hydrogen-bond donors (Lipinski definition) is 1. The Morgan fingerprint density at radius 2 is 2.29 bits per heavy atom. The second kappa shape index (κ2) is 4.63. The van der Waals surface area contributed by atoms with Gasteiger partial charge < -0.3 is 9.88 Å². The number of aromatic nitrogens is 4. The van der Waals surface area contributed by atoms with Gasteiger partial charge in [0.15, 0.2) is 0 Å². The first-order chi connectivity index (χ1) is 8.43. The summed E-state index contributed by atoms with van der Waals surface area (Å²) in [6.45, 7) is 1.57. The van der Waals surface area contributed by atoms with Gasteiger partial charge in [0.25, 0.3) is 0 Å². The van der Waals surface area contributed by atoms with E-state index in [-0.39, 0.29) is 0 Å². The molecule has 2 heterocycles. The largest absolute Gasteiger partial charge is 0.330 e. The normalized spacial score (nSPS) is 15.1. The number of nitrogens with zero attached hydrogens (tertiary/aromatic N) is 4. The maximum absolute atomic E-state index is 4.20. The molecule has 17 heavy (non-hydrogen) atoms. The zero-order valence-corrected chi connectivity index (χ0v) is 9.58. The van der Waals surface area contributed by atoms with Gasteiger partial charge in [-0.15, -0.1) is 0 Å². The molecule has 0 aromatic carbocycles. The highest BCUT2D eigenvalue weighted by Gasteiger charge is 2.24. The van der Waals surface area contributed by atoms with Gasteiger partial charge in [-0.25, -0.2) is 4.98 Å². The topological polar surface area (TPSA) is 55.6 Å². The van der Waals surface area contributed by atoms with Crippen LogP contribution in [-0.4, -0.2) is 19.7 Å². The highest BCUT2D eigenvalue weighted by molar-refractivity contribution is 5.04. The lowest BCUT2D eigenvalue weighted by atomic mass is 10.3. The van der Waals surface area contributed by atoms with Crippen LogP contribution < -0.4 is 5.32 Å². The van der Waals surface area contributed by atoms with Crippen molar-refractivity contribution in [2.75, 3.05) is 0 Å². The van der Waals surface area contributed by atoms with Crippen LogP contribution in [0.3, 0.4) is 0 Å². The standard InChI is InChI=1S/C12H15N5/c1-2-10(16-15-5-1)6-13-7-12-8-14-9-17(12)11-3-4-11/h1-2,5,8-9,11,13H,3-4,6-7H2. The lowest BCUT2D eigenvalue weighted by Gasteiger charge is -2.07. The average Bonchev–Trinajstić information content (AvgIpc) is 3.11. The van der Waals surface area contributed by atoms with Gasteiger partial charge in [-0.05, 0) is 25.0 Å². The van der Waals surface area contributed by atoms with E-state index in [1.54, 1.807) is 6.20 Å². The van der Waals surface area contributed by atoms with Crippen molar-refractivity contribution in [1.29, 1.82) is 0 Å². The lowest BCUT2D eigenvalue weighted by Crippen LogP contribution is -2.16. The predicted octanol–water partition coefficient (Wildman–Crippen LogP) is 1.30. The third-order valence-electron chi connectivity index (χ3n) is 2.93. The molecule has 0 aliphatic heterocycles. The molecule has 0 bridgehead atoms. The van der Waals surface area contributed by atoms with Gasteiger partial charge >= 0.3 is 0 Å². The molecule has 1 saturated carbocycles. The molecule has 0 radical (unpaired) electrons. The van der Waals surface area contributed by atoms with Crippen molar-refractivity contribution in [3.05, 3.63) is 42.2 Å². The molecular formula is C12H15N5. The van der Waals surface area contributed by atoms with Gasteiger partial charge in [0.1, 0.15) is 0 Å². The molecule has 0 saturated heterocycles. The van der Waals surface area contributed by atoms with Crippen LogP contribution >= 0.6 is 0 Å². The molecule has 3 rings (SSSR count). The Hall–Kier alpha value is -1.75. The van der Waals surface area contributed by atoms with E-state index >= 15 is 0 Å². The van der Waals surface area contributed by atoms with Gasteiger partial charge in [-0.2, -0.15) is 10.2 Å². The van der Waals surface area contributed by atoms with Gasteiger partial charge in [-0.1, -0.05) is 0 Å². The molecular weight excluding hydrogens is 214 g/mol. The van der Waals surface area contributed by atoms with Crippen LogP contribution in [0.5, 0.6) is 0 Å². The fraction of sp³-hybridized carbons (Fsp3) is 0.417. The maximum atomic E-state index is 4.20. The van der Waals surface area contributed by atoms with Crippen molar-refractivity contribution in [3.8, 4) is 0 Å². The number of imidazole rings is 1. The Kier molecular flexibility index (Phi) is 2.83. The summed E-state index contributed by atoms with van der Waals surface area (Å²) in [5.41, 5.74) is 2.21. The maximum Gasteiger partial charge on any atom is 0.0951 e. The van der Waals surface area contributed by atoms with Crippen molar-refractivity contribution in [2.24, 2.45) is 0 Å². The zero-order valence-electron chi connectivity index (χ0n) is 9.58. The van der Waals surface area contributed by atoms with Crippen molar-refractivity contribution >= 4 is 0 Å². The first kappa shape index (κ1) is 10.4. The minimum absolute atomic E-state index is 0.686. The SMILES string of the molecule is c1cnnc(CNCc2cncn2C2CC2)c1. The van der Waals surface area contributed by atoms with E-state index in [0.29, 0.717) is 6.04 Å². The summed E-state index contributed by atoms with van der Waals surface area (Å²) < 4.78 is 2.27. The molecule has 2 aromatic rings. The summed E-state index contributed by atoms with van der Waals surface area (Å²) in [6, 6.07) is 4.56. The van der Waals surface area contributed by atoms with Crippen LogP contribution in [0.2, 0.25) is 0 Å². The summed E-state index contributed by atoms with van der Waals surface area (Å²) in [5.74, 6) is 0. The molecule has 5 heteroatoms. The molecule has 5 nitrogen and oxygen atoms in total. The van der Waals surface area contributed by atoms with Crippen LogP contribution in [0.4, 0.5) is 0 Å². The summed E-state index contributed by atoms with van der Waals surface area (Å²) in [7, 11) is 0. The van der Waals surface area contributed by atoms with Crippen LogP contribution in [0, 0.1) is 0 Å². The summed E-state index contributed by atoms with van der Waals surface area (Å²) >= 11 is 0. The Morgan fingerprint density at radius 1 is 1.35 bits per heavy atom. The van der Waals surface area contributed by atoms with Crippen LogP contribution in [-0.2, 0) is 13.1 Å². The lowest BCUT2D eigenvalue weighted by molar-refractivity contribution is 0.611. The Labute approximate surface area is 99.9 Å². The van der Waals surface area contributed by atoms with E-state index in [1.807, 2.05) is 24.7 Å². The van der Waals surface area contributed by atoms with Crippen LogP contribution in [0.25, 0.3) is 0 Å². The molecule has 1 aliphatic carbocycles. The smallest absolute Gasteiger partial charge is 0.0951 e. The molecule has 1 N–H and O–H groups in total. The summed E-state index contributed by atoms with van der Waals surface area (Å²) in [5, 5.41) is 11.2. The van der Waals surface area contributed by atoms with Gasteiger partial charge in [0.2, 0.25) is 0 Å². The molecule has 0 atom stereocenters. The predicted molar refractivity (Wildman–Crippen MR) is 63.1 cm³/mol. The fourth-order valence-corrected chi connectivity index (χ4v) is 1.90. The van der Waals surface area contributed by atoms with Crippen molar-refractivity contribution < 1.29 is 0 Å². The van der Waals surface area contributed by atoms with E-state index < -0.39 is 0 Å². The van der Waals surface area contributed by atoms with E-state index in [0.717, 1.165) is 18.8 Å². The van der Waals surface area contributed by atoms with Crippen LogP contribution in [0.1, 0.15) is 30.3 Å². The van der Waals surface area contributed by atoms with Crippen molar-refractivity contribution in [3.63, 3.8) is 0 Å². The first-order valence-electron chi connectivity index (χ1n) is 5.91. The van der Waals surface area contributed by atoms with Crippen molar-refractivity contribution in [1.82, 2.24) is 25.1 Å². The third kappa shape index (κ3) is 2.50. The molecule has 88 valence electrons. The van der Waals surface area contributed by atoms with Crippen LogP contribution in [0.15, 0.2) is 30.9 Å². The molecule has 0 spiro atoms. The minimum Gasteiger partial charge on any atom is -0.330 e. The van der Waals surface area contributed by atoms with Gasteiger partial charge in [0.05, 0.1) is 17.7 Å². The Morgan fingerprint density at radius 3 is 3.06 bits per heavy atom. The fourth-order valence-electron chi connectivity index (χ4n) is 1.90. The molecule has 2 aromatic heterocycles. The second-order valence-corrected chi connectivity index (χ2v) is 4.34. The van der Waals surface area contributed by atoms with E-state index in [9.17, 15) is 0 Å². The highest BCUT2D eigenvalue weighted by Crippen LogP contribution is 2.35. The third-order valence-corrected chi connectivity index (χ3v) is 2.93. The second-order valence-electron chi connectivity index (χ2n) is 4.34. The summed E-state index contributed by atoms with van der Waals surface area (Å²) in [6.07, 6.45) is 8.12. The van der Waals surface area contributed by atoms with Gasteiger partial charge in [-0.3, -0.25) is 0 Å². The monoisotopic (exact) mass is 229 g/mol. The molecule has 0 amide bonds. The van der Waals surface area contributed by atoms with Crippen molar-refractivity contribution in [2.45, 2.75) is 32.0 Å². The van der Waals surface area contributed by atoms with E-state index in [4.69, 9.17) is 0 Å². The highest BCUT2D eigenvalue weighted by atomic mass is 15.1. The number of rotatable bonds is 5. The van der Waals surface area contributed by atoms with E-state index in [2.05, 4.69) is 25.1 Å². The molecule has 1 fully saturated rings. The Balaban J connectivity index is 1.55. The van der Waals surface area contributed by atoms with E-state index in [1.165, 1.54) is 18.5 Å². The number of nitrogens with one attached hydrogen (secondary N) is 1. The molecule has 1 aliphatic rings. The number of hydrogen-bond acceptors (Lipinski definition) is 4. The summed E-state index contributed by atoms with van der Waals surface area (Å²) in [4.78, 5) is 4.20. The zero-order chi connectivity index (χ0) is 11.5. The Bertz CT molecular complexity index is 475. The average molecular weight is 229 g/mol. The minimum atomic E-state index is 0.686. The molecule has 0 unspecified atom stereocenters. The first-order valence-corrected chi connectivity index (χ1v) is 5.91. The van der Waals surface area contributed by atoms with Gasteiger partial charge in [0, 0.05) is 31.5 Å². The quantitative estimate of drug-likeness (QED) is 0.839.